The van der Waals surface area contributed by atoms with Crippen LogP contribution in [0.25, 0.3) is 0 Å². The molecule has 0 radical (unpaired) electrons. The SMILES string of the molecule is COC(=O)c1ccc(OCCN2C(=O)NC(C)(c3cccc(Cl)c3)C2=O)cc1. The summed E-state index contributed by atoms with van der Waals surface area (Å²) in [5, 5.41) is 3.20. The fourth-order valence-corrected chi connectivity index (χ4v) is 3.15. The van der Waals surface area contributed by atoms with Crippen molar-refractivity contribution >= 4 is 29.5 Å². The van der Waals surface area contributed by atoms with Gasteiger partial charge in [-0.15, -0.1) is 0 Å². The van der Waals surface area contributed by atoms with Crippen LogP contribution in [0.5, 0.6) is 5.75 Å². The summed E-state index contributed by atoms with van der Waals surface area (Å²) in [5.41, 5.74) is -0.161. The number of esters is 1. The van der Waals surface area contributed by atoms with Crippen molar-refractivity contribution in [2.45, 2.75) is 12.5 Å². The second-order valence-electron chi connectivity index (χ2n) is 6.39. The Morgan fingerprint density at radius 3 is 2.54 bits per heavy atom. The number of rotatable bonds is 6. The molecular weight excluding hydrogens is 384 g/mol. The Morgan fingerprint density at radius 1 is 1.18 bits per heavy atom. The Balaban J connectivity index is 1.63. The average Bonchev–Trinajstić information content (AvgIpc) is 2.92. The van der Waals surface area contributed by atoms with Crippen LogP contribution in [0.1, 0.15) is 22.8 Å². The highest BCUT2D eigenvalue weighted by Gasteiger charge is 2.48. The number of nitrogens with zero attached hydrogens (tertiary/aromatic N) is 1. The van der Waals surface area contributed by atoms with Crippen LogP contribution in [0.2, 0.25) is 5.02 Å². The van der Waals surface area contributed by atoms with E-state index in [1.165, 1.54) is 7.11 Å². The second kappa shape index (κ2) is 7.90. The van der Waals surface area contributed by atoms with E-state index in [1.54, 1.807) is 55.5 Å². The van der Waals surface area contributed by atoms with E-state index >= 15 is 0 Å². The summed E-state index contributed by atoms with van der Waals surface area (Å²) < 4.78 is 10.2. The predicted molar refractivity (Wildman–Crippen MR) is 102 cm³/mol. The van der Waals surface area contributed by atoms with Crippen LogP contribution in [-0.4, -0.2) is 43.1 Å². The summed E-state index contributed by atoms with van der Waals surface area (Å²) in [5.74, 6) is -0.298. The first kappa shape index (κ1) is 19.7. The fourth-order valence-electron chi connectivity index (χ4n) is 2.96. The maximum Gasteiger partial charge on any atom is 0.337 e. The van der Waals surface area contributed by atoms with E-state index < -0.39 is 17.5 Å². The number of amides is 3. The first-order valence-corrected chi connectivity index (χ1v) is 8.94. The molecule has 1 N–H and O–H groups in total. The summed E-state index contributed by atoms with van der Waals surface area (Å²) in [6.07, 6.45) is 0. The molecule has 0 aliphatic carbocycles. The van der Waals surface area contributed by atoms with Crippen molar-refractivity contribution < 1.29 is 23.9 Å². The lowest BCUT2D eigenvalue weighted by atomic mass is 9.92. The smallest absolute Gasteiger partial charge is 0.337 e. The standard InChI is InChI=1S/C20H19ClN2O5/c1-20(14-4-3-5-15(21)12-14)18(25)23(19(26)22-20)10-11-28-16-8-6-13(7-9-16)17(24)27-2/h3-9,12H,10-11H2,1-2H3,(H,22,26). The first-order chi connectivity index (χ1) is 13.3. The molecule has 0 bridgehead atoms. The van der Waals surface area contributed by atoms with Gasteiger partial charge in [-0.25, -0.2) is 9.59 Å². The minimum Gasteiger partial charge on any atom is -0.492 e. The van der Waals surface area contributed by atoms with E-state index in [1.807, 2.05) is 0 Å². The molecule has 1 fully saturated rings. The van der Waals surface area contributed by atoms with Crippen LogP contribution in [0, 0.1) is 0 Å². The third kappa shape index (κ3) is 3.80. The van der Waals surface area contributed by atoms with Gasteiger partial charge in [0.25, 0.3) is 5.91 Å². The van der Waals surface area contributed by atoms with Crippen molar-refractivity contribution in [2.75, 3.05) is 20.3 Å². The Hall–Kier alpha value is -3.06. The average molecular weight is 403 g/mol. The normalized spacial score (nSPS) is 18.8. The van der Waals surface area contributed by atoms with Crippen molar-refractivity contribution in [2.24, 2.45) is 0 Å². The molecular formula is C20H19ClN2O5. The van der Waals surface area contributed by atoms with E-state index in [4.69, 9.17) is 16.3 Å². The largest absolute Gasteiger partial charge is 0.492 e. The third-order valence-electron chi connectivity index (χ3n) is 4.54. The van der Waals surface area contributed by atoms with Gasteiger partial charge in [-0.1, -0.05) is 23.7 Å². The number of nitrogens with one attached hydrogen (secondary N) is 1. The molecule has 1 unspecified atom stereocenters. The van der Waals surface area contributed by atoms with Gasteiger partial charge in [-0.3, -0.25) is 9.69 Å². The third-order valence-corrected chi connectivity index (χ3v) is 4.77. The minimum absolute atomic E-state index is 0.0829. The molecule has 0 saturated carbocycles. The predicted octanol–water partition coefficient (Wildman–Crippen LogP) is 2.97. The lowest BCUT2D eigenvalue weighted by molar-refractivity contribution is -0.131. The van der Waals surface area contributed by atoms with Crippen LogP contribution in [0.15, 0.2) is 48.5 Å². The van der Waals surface area contributed by atoms with E-state index in [2.05, 4.69) is 10.1 Å². The second-order valence-corrected chi connectivity index (χ2v) is 6.82. The molecule has 0 spiro atoms. The molecule has 28 heavy (non-hydrogen) atoms. The van der Waals surface area contributed by atoms with Crippen LogP contribution in [-0.2, 0) is 15.1 Å². The van der Waals surface area contributed by atoms with Gasteiger partial charge in [0.2, 0.25) is 0 Å². The zero-order valence-corrected chi connectivity index (χ0v) is 16.2. The number of hydrogen-bond donors (Lipinski definition) is 1. The number of urea groups is 1. The molecule has 2 aromatic rings. The zero-order valence-electron chi connectivity index (χ0n) is 15.4. The van der Waals surface area contributed by atoms with E-state index in [9.17, 15) is 14.4 Å². The van der Waals surface area contributed by atoms with E-state index in [0.717, 1.165) is 4.90 Å². The Labute approximate surface area is 167 Å². The number of ether oxygens (including phenoxy) is 2. The molecule has 1 aliphatic heterocycles. The lowest BCUT2D eigenvalue weighted by Crippen LogP contribution is -2.41. The number of hydrogen-bond acceptors (Lipinski definition) is 5. The van der Waals surface area contributed by atoms with Crippen molar-refractivity contribution in [1.29, 1.82) is 0 Å². The summed E-state index contributed by atoms with van der Waals surface area (Å²) >= 11 is 6.01. The van der Waals surface area contributed by atoms with Gasteiger partial charge in [-0.05, 0) is 48.9 Å². The molecule has 1 atom stereocenters. The monoisotopic (exact) mass is 402 g/mol. The number of carbonyl (C=O) groups is 3. The molecule has 1 saturated heterocycles. The van der Waals surface area contributed by atoms with Gasteiger partial charge < -0.3 is 14.8 Å². The zero-order chi connectivity index (χ0) is 20.3. The van der Waals surface area contributed by atoms with E-state index in [0.29, 0.717) is 21.9 Å². The molecule has 2 aromatic carbocycles. The molecule has 7 nitrogen and oxygen atoms in total. The van der Waals surface area contributed by atoms with Crippen molar-refractivity contribution in [3.8, 4) is 5.75 Å². The van der Waals surface area contributed by atoms with Gasteiger partial charge in [0.15, 0.2) is 0 Å². The van der Waals surface area contributed by atoms with Crippen LogP contribution in [0.4, 0.5) is 4.79 Å². The van der Waals surface area contributed by atoms with Crippen molar-refractivity contribution in [3.63, 3.8) is 0 Å². The molecule has 0 aromatic heterocycles. The number of methoxy groups -OCH3 is 1. The van der Waals surface area contributed by atoms with Gasteiger partial charge >= 0.3 is 12.0 Å². The molecule has 3 amide bonds. The highest BCUT2D eigenvalue weighted by molar-refractivity contribution is 6.30. The molecule has 146 valence electrons. The summed E-state index contributed by atoms with van der Waals surface area (Å²) in [4.78, 5) is 37.7. The highest BCUT2D eigenvalue weighted by Crippen LogP contribution is 2.30. The van der Waals surface area contributed by atoms with E-state index in [-0.39, 0.29) is 19.1 Å². The minimum atomic E-state index is -1.18. The number of halogens is 1. The summed E-state index contributed by atoms with van der Waals surface area (Å²) in [7, 11) is 1.31. The number of carbonyl (C=O) groups excluding carboxylic acids is 3. The highest BCUT2D eigenvalue weighted by atomic mass is 35.5. The van der Waals surface area contributed by atoms with Crippen LogP contribution < -0.4 is 10.1 Å². The van der Waals surface area contributed by atoms with Crippen molar-refractivity contribution in [1.82, 2.24) is 10.2 Å². The molecule has 8 heteroatoms. The fraction of sp³-hybridized carbons (Fsp3) is 0.250. The number of benzene rings is 2. The van der Waals surface area contributed by atoms with Gasteiger partial charge in [0, 0.05) is 5.02 Å². The van der Waals surface area contributed by atoms with Gasteiger partial charge in [-0.2, -0.15) is 0 Å². The van der Waals surface area contributed by atoms with Crippen LogP contribution in [0.3, 0.4) is 0 Å². The van der Waals surface area contributed by atoms with Crippen molar-refractivity contribution in [3.05, 3.63) is 64.7 Å². The van der Waals surface area contributed by atoms with Crippen LogP contribution >= 0.6 is 11.6 Å². The Kier molecular flexibility index (Phi) is 5.56. The Morgan fingerprint density at radius 2 is 1.89 bits per heavy atom. The quantitative estimate of drug-likeness (QED) is 0.593. The topological polar surface area (TPSA) is 84.9 Å². The molecule has 1 aliphatic rings. The Bertz CT molecular complexity index is 915. The summed E-state index contributed by atoms with van der Waals surface area (Å²) in [6, 6.07) is 12.7. The van der Waals surface area contributed by atoms with Gasteiger partial charge in [0.05, 0.1) is 19.2 Å². The maximum atomic E-state index is 12.8. The molecule has 3 rings (SSSR count). The summed E-state index contributed by atoms with van der Waals surface area (Å²) in [6.45, 7) is 1.84. The maximum absolute atomic E-state index is 12.8. The lowest BCUT2D eigenvalue weighted by Gasteiger charge is -2.22. The first-order valence-electron chi connectivity index (χ1n) is 8.56. The molecule has 1 heterocycles. The number of imide groups is 1. The van der Waals surface area contributed by atoms with Gasteiger partial charge in [0.1, 0.15) is 17.9 Å².